The van der Waals surface area contributed by atoms with E-state index in [9.17, 15) is 0 Å². The van der Waals surface area contributed by atoms with Gasteiger partial charge in [0.15, 0.2) is 0 Å². The third-order valence-electron chi connectivity index (χ3n) is 3.47. The van der Waals surface area contributed by atoms with E-state index in [2.05, 4.69) is 51.3 Å². The summed E-state index contributed by atoms with van der Waals surface area (Å²) in [4.78, 5) is 2.45. The van der Waals surface area contributed by atoms with E-state index in [-0.39, 0.29) is 0 Å². The number of anilines is 1. The van der Waals surface area contributed by atoms with Crippen LogP contribution in [-0.2, 0) is 0 Å². The lowest BCUT2D eigenvalue weighted by Crippen LogP contribution is -2.37. The lowest BCUT2D eigenvalue weighted by Gasteiger charge is -2.26. The number of benzene rings is 1. The molecule has 1 aliphatic heterocycles. The Hall–Kier alpha value is -0.740. The molecule has 18 heavy (non-hydrogen) atoms. The van der Waals surface area contributed by atoms with E-state index in [1.165, 1.54) is 18.5 Å². The second-order valence-corrected chi connectivity index (χ2v) is 5.53. The van der Waals surface area contributed by atoms with Gasteiger partial charge in [-0.1, -0.05) is 6.92 Å². The fourth-order valence-corrected chi connectivity index (χ4v) is 2.76. The van der Waals surface area contributed by atoms with Crippen LogP contribution in [0.4, 0.5) is 5.69 Å². The van der Waals surface area contributed by atoms with E-state index in [1.54, 1.807) is 7.11 Å². The normalized spacial score (nSPS) is 20.6. The van der Waals surface area contributed by atoms with Gasteiger partial charge in [0, 0.05) is 30.9 Å². The smallest absolute Gasteiger partial charge is 0.135 e. The predicted octanol–water partition coefficient (Wildman–Crippen LogP) is 3.04. The van der Waals surface area contributed by atoms with Gasteiger partial charge in [0.2, 0.25) is 0 Å². The van der Waals surface area contributed by atoms with Crippen LogP contribution in [0.2, 0.25) is 0 Å². The Morgan fingerprint density at radius 2 is 2.33 bits per heavy atom. The summed E-state index contributed by atoms with van der Waals surface area (Å²) in [6, 6.07) is 6.92. The molecule has 0 radical (unpaired) electrons. The highest BCUT2D eigenvalue weighted by atomic mass is 79.9. The number of nitrogens with one attached hydrogen (secondary N) is 1. The molecule has 100 valence electrons. The molecule has 1 heterocycles. The number of rotatable bonds is 3. The van der Waals surface area contributed by atoms with Crippen molar-refractivity contribution in [2.45, 2.75) is 25.8 Å². The largest absolute Gasteiger partial charge is 0.495 e. The van der Waals surface area contributed by atoms with Crippen molar-refractivity contribution >= 4 is 21.6 Å². The number of hydrogen-bond acceptors (Lipinski definition) is 3. The maximum atomic E-state index is 5.37. The van der Waals surface area contributed by atoms with Crippen LogP contribution in [0.5, 0.6) is 5.75 Å². The molecule has 0 spiro atoms. The van der Waals surface area contributed by atoms with Crippen LogP contribution in [0.15, 0.2) is 22.7 Å². The quantitative estimate of drug-likeness (QED) is 0.928. The van der Waals surface area contributed by atoms with Crippen LogP contribution in [0.25, 0.3) is 0 Å². The van der Waals surface area contributed by atoms with E-state index >= 15 is 0 Å². The highest BCUT2D eigenvalue weighted by molar-refractivity contribution is 9.10. The number of methoxy groups -OCH3 is 1. The molecule has 1 atom stereocenters. The molecule has 1 aromatic rings. The van der Waals surface area contributed by atoms with Gasteiger partial charge in [-0.2, -0.15) is 0 Å². The van der Waals surface area contributed by atoms with E-state index in [0.717, 1.165) is 29.9 Å². The average Bonchev–Trinajstić information content (AvgIpc) is 2.64. The van der Waals surface area contributed by atoms with Crippen LogP contribution < -0.4 is 15.0 Å². The van der Waals surface area contributed by atoms with Crippen molar-refractivity contribution < 1.29 is 4.74 Å². The Kier molecular flexibility index (Phi) is 4.89. The maximum absolute atomic E-state index is 5.37. The first-order valence-corrected chi connectivity index (χ1v) is 7.35. The third-order valence-corrected chi connectivity index (χ3v) is 4.13. The number of nitrogens with zero attached hydrogens (tertiary/aromatic N) is 1. The molecule has 0 bridgehead atoms. The van der Waals surface area contributed by atoms with E-state index in [1.807, 2.05) is 0 Å². The summed E-state index contributed by atoms with van der Waals surface area (Å²) in [5.74, 6) is 0.901. The van der Waals surface area contributed by atoms with Crippen LogP contribution >= 0.6 is 15.9 Å². The molecule has 0 saturated carbocycles. The van der Waals surface area contributed by atoms with E-state index in [0.29, 0.717) is 6.04 Å². The van der Waals surface area contributed by atoms with Gasteiger partial charge in [0.25, 0.3) is 0 Å². The van der Waals surface area contributed by atoms with Gasteiger partial charge in [0.05, 0.1) is 11.6 Å². The van der Waals surface area contributed by atoms with Gasteiger partial charge in [-0.25, -0.2) is 0 Å². The molecule has 0 aliphatic carbocycles. The zero-order chi connectivity index (χ0) is 13.0. The number of ether oxygens (including phenoxy) is 1. The first-order chi connectivity index (χ1) is 8.74. The molecule has 2 rings (SSSR count). The lowest BCUT2D eigenvalue weighted by molar-refractivity contribution is 0.412. The zero-order valence-electron chi connectivity index (χ0n) is 11.1. The van der Waals surface area contributed by atoms with Gasteiger partial charge in [-0.3, -0.25) is 0 Å². The summed E-state index contributed by atoms with van der Waals surface area (Å²) in [7, 11) is 1.71. The summed E-state index contributed by atoms with van der Waals surface area (Å²) in [6.45, 7) is 5.53. The minimum absolute atomic E-state index is 0.585. The fourth-order valence-electron chi connectivity index (χ4n) is 2.35. The van der Waals surface area contributed by atoms with Gasteiger partial charge >= 0.3 is 0 Å². The maximum Gasteiger partial charge on any atom is 0.135 e. The van der Waals surface area contributed by atoms with Crippen LogP contribution in [0.3, 0.4) is 0 Å². The van der Waals surface area contributed by atoms with Gasteiger partial charge in [-0.15, -0.1) is 0 Å². The minimum Gasteiger partial charge on any atom is -0.495 e. The summed E-state index contributed by atoms with van der Waals surface area (Å²) >= 11 is 3.50. The number of halogens is 1. The molecule has 1 aliphatic rings. The van der Waals surface area contributed by atoms with Crippen molar-refractivity contribution in [3.8, 4) is 5.75 Å². The zero-order valence-corrected chi connectivity index (χ0v) is 12.7. The van der Waals surface area contributed by atoms with E-state index in [4.69, 9.17) is 4.74 Å². The van der Waals surface area contributed by atoms with Crippen LogP contribution in [-0.4, -0.2) is 32.8 Å². The molecular formula is C14H21BrN2O. The average molecular weight is 313 g/mol. The van der Waals surface area contributed by atoms with Crippen molar-refractivity contribution in [3.63, 3.8) is 0 Å². The van der Waals surface area contributed by atoms with Crippen molar-refractivity contribution in [2.24, 2.45) is 0 Å². The highest BCUT2D eigenvalue weighted by Gasteiger charge is 2.17. The lowest BCUT2D eigenvalue weighted by atomic mass is 10.2. The van der Waals surface area contributed by atoms with E-state index < -0.39 is 0 Å². The molecular weight excluding hydrogens is 292 g/mol. The Morgan fingerprint density at radius 1 is 1.50 bits per heavy atom. The van der Waals surface area contributed by atoms with Crippen LogP contribution in [0, 0.1) is 0 Å². The minimum atomic E-state index is 0.585. The SMILES string of the molecule is CCC1CN(c2ccc(Br)c(OC)c2)CCCN1. The Labute approximate surface area is 118 Å². The van der Waals surface area contributed by atoms with Crippen molar-refractivity contribution in [1.82, 2.24) is 5.32 Å². The fraction of sp³-hybridized carbons (Fsp3) is 0.571. The molecule has 0 aromatic heterocycles. The summed E-state index contributed by atoms with van der Waals surface area (Å²) in [5, 5.41) is 3.59. The molecule has 1 aromatic carbocycles. The third kappa shape index (κ3) is 3.18. The molecule has 1 fully saturated rings. The molecule has 3 nitrogen and oxygen atoms in total. The Bertz CT molecular complexity index is 397. The highest BCUT2D eigenvalue weighted by Crippen LogP contribution is 2.30. The standard InChI is InChI=1S/C14H21BrN2O/c1-3-11-10-17(8-4-7-16-11)12-5-6-13(15)14(9-12)18-2/h5-6,9,11,16H,3-4,7-8,10H2,1-2H3. The van der Waals surface area contributed by atoms with Gasteiger partial charge < -0.3 is 15.0 Å². The predicted molar refractivity (Wildman–Crippen MR) is 79.6 cm³/mol. The van der Waals surface area contributed by atoms with Crippen molar-refractivity contribution in [2.75, 3.05) is 31.6 Å². The van der Waals surface area contributed by atoms with Crippen LogP contribution in [0.1, 0.15) is 19.8 Å². The van der Waals surface area contributed by atoms with Crippen molar-refractivity contribution in [3.05, 3.63) is 22.7 Å². The molecule has 1 N–H and O–H groups in total. The molecule has 0 amide bonds. The first-order valence-electron chi connectivity index (χ1n) is 6.56. The first kappa shape index (κ1) is 13.7. The molecule has 4 heteroatoms. The summed E-state index contributed by atoms with van der Waals surface area (Å²) < 4.78 is 6.38. The Morgan fingerprint density at radius 3 is 3.06 bits per heavy atom. The summed E-state index contributed by atoms with van der Waals surface area (Å²) in [6.07, 6.45) is 2.36. The monoisotopic (exact) mass is 312 g/mol. The van der Waals surface area contributed by atoms with Gasteiger partial charge in [-0.05, 0) is 47.4 Å². The number of hydrogen-bond donors (Lipinski definition) is 1. The van der Waals surface area contributed by atoms with Gasteiger partial charge in [0.1, 0.15) is 5.75 Å². The second kappa shape index (κ2) is 6.43. The molecule has 1 unspecified atom stereocenters. The van der Waals surface area contributed by atoms with Crippen molar-refractivity contribution in [1.29, 1.82) is 0 Å². The Balaban J connectivity index is 2.18. The second-order valence-electron chi connectivity index (χ2n) is 4.68. The molecule has 1 saturated heterocycles. The topological polar surface area (TPSA) is 24.5 Å². The summed E-state index contributed by atoms with van der Waals surface area (Å²) in [5.41, 5.74) is 1.25.